The highest BCUT2D eigenvalue weighted by molar-refractivity contribution is 6.48. The monoisotopic (exact) mass is 515 g/mol. The SMILES string of the molecule is CC(C)C[C@H](NC(=O)C1CC(c2ccc(-c3cccnc3)cc2)=NO1)B1O[C@@H]2C[C@@H]3C[C@@H](C3(C)C)[C@]2(C)O1. The minimum atomic E-state index is -0.663. The van der Waals surface area contributed by atoms with E-state index in [0.29, 0.717) is 24.2 Å². The summed E-state index contributed by atoms with van der Waals surface area (Å²) in [6.07, 6.45) is 6.46. The molecule has 0 radical (unpaired) electrons. The lowest BCUT2D eigenvalue weighted by molar-refractivity contribution is -0.199. The molecule has 7 rings (SSSR count). The summed E-state index contributed by atoms with van der Waals surface area (Å²) in [5, 5.41) is 7.48. The Hall–Kier alpha value is -2.71. The fourth-order valence-electron chi connectivity index (χ4n) is 7.17. The van der Waals surface area contributed by atoms with Crippen molar-refractivity contribution in [3.05, 3.63) is 54.4 Å². The fraction of sp³-hybridized carbons (Fsp3) is 0.567. The van der Waals surface area contributed by atoms with E-state index in [1.807, 2.05) is 42.6 Å². The number of oxime groups is 1. The number of amides is 1. The summed E-state index contributed by atoms with van der Waals surface area (Å²) in [5.41, 5.74) is 3.85. The van der Waals surface area contributed by atoms with Gasteiger partial charge in [0.2, 0.25) is 6.10 Å². The average molecular weight is 515 g/mol. The summed E-state index contributed by atoms with van der Waals surface area (Å²) in [7, 11) is -0.451. The molecule has 3 heterocycles. The van der Waals surface area contributed by atoms with Crippen molar-refractivity contribution >= 4 is 18.7 Å². The molecule has 1 unspecified atom stereocenters. The zero-order valence-electron chi connectivity index (χ0n) is 23.0. The number of aromatic nitrogens is 1. The number of rotatable bonds is 7. The topological polar surface area (TPSA) is 82.0 Å². The molecule has 8 heteroatoms. The first-order valence-electron chi connectivity index (χ1n) is 14.0. The van der Waals surface area contributed by atoms with Crippen LogP contribution in [-0.4, -0.2) is 47.5 Å². The molecule has 1 N–H and O–H groups in total. The Balaban J connectivity index is 1.10. The maximum atomic E-state index is 13.4. The van der Waals surface area contributed by atoms with Crippen LogP contribution in [-0.2, 0) is 18.9 Å². The van der Waals surface area contributed by atoms with Gasteiger partial charge in [-0.15, -0.1) is 0 Å². The van der Waals surface area contributed by atoms with Crippen LogP contribution in [0.25, 0.3) is 11.1 Å². The van der Waals surface area contributed by atoms with E-state index in [1.165, 1.54) is 6.42 Å². The van der Waals surface area contributed by atoms with Gasteiger partial charge in [0.05, 0.1) is 23.4 Å². The van der Waals surface area contributed by atoms with Crippen molar-refractivity contribution in [3.8, 4) is 11.1 Å². The van der Waals surface area contributed by atoms with Gasteiger partial charge in [-0.25, -0.2) is 0 Å². The predicted octanol–water partition coefficient (Wildman–Crippen LogP) is 5.04. The summed E-state index contributed by atoms with van der Waals surface area (Å²) in [5.74, 6) is 1.14. The van der Waals surface area contributed by atoms with Crippen LogP contribution >= 0.6 is 0 Å². The molecule has 5 aliphatic rings. The Labute approximate surface area is 225 Å². The number of nitrogens with one attached hydrogen (secondary N) is 1. The lowest BCUT2D eigenvalue weighted by atomic mass is 9.43. The molecular weight excluding hydrogens is 477 g/mol. The highest BCUT2D eigenvalue weighted by Gasteiger charge is 2.68. The van der Waals surface area contributed by atoms with Gasteiger partial charge in [-0.1, -0.05) is 63.2 Å². The van der Waals surface area contributed by atoms with Gasteiger partial charge in [-0.2, -0.15) is 0 Å². The number of nitrogens with zero attached hydrogens (tertiary/aromatic N) is 2. The highest BCUT2D eigenvalue weighted by Crippen LogP contribution is 2.65. The maximum Gasteiger partial charge on any atom is 0.481 e. The van der Waals surface area contributed by atoms with E-state index < -0.39 is 13.2 Å². The van der Waals surface area contributed by atoms with Crippen LogP contribution in [0, 0.1) is 23.2 Å². The van der Waals surface area contributed by atoms with Crippen LogP contribution in [0.2, 0.25) is 0 Å². The molecule has 2 aromatic rings. The van der Waals surface area contributed by atoms with Gasteiger partial charge in [0.15, 0.2) is 0 Å². The van der Waals surface area contributed by atoms with Crippen LogP contribution < -0.4 is 5.32 Å². The summed E-state index contributed by atoms with van der Waals surface area (Å²) >= 11 is 0. The molecule has 6 atom stereocenters. The Morgan fingerprint density at radius 3 is 2.55 bits per heavy atom. The van der Waals surface area contributed by atoms with Crippen molar-refractivity contribution in [2.24, 2.45) is 28.3 Å². The third-order valence-corrected chi connectivity index (χ3v) is 9.52. The Morgan fingerprint density at radius 1 is 1.11 bits per heavy atom. The molecule has 7 nitrogen and oxygen atoms in total. The second kappa shape index (κ2) is 9.49. The first-order valence-corrected chi connectivity index (χ1v) is 14.0. The van der Waals surface area contributed by atoms with Gasteiger partial charge in [-0.3, -0.25) is 9.78 Å². The Morgan fingerprint density at radius 2 is 1.87 bits per heavy atom. The quantitative estimate of drug-likeness (QED) is 0.523. The molecule has 3 aliphatic carbocycles. The van der Waals surface area contributed by atoms with Gasteiger partial charge in [0.1, 0.15) is 0 Å². The van der Waals surface area contributed by atoms with E-state index >= 15 is 0 Å². The van der Waals surface area contributed by atoms with Gasteiger partial charge in [0.25, 0.3) is 5.91 Å². The molecule has 2 bridgehead atoms. The minimum absolute atomic E-state index is 0.0862. The molecule has 1 saturated heterocycles. The van der Waals surface area contributed by atoms with Crippen molar-refractivity contribution in [1.29, 1.82) is 0 Å². The molecule has 0 spiro atoms. The van der Waals surface area contributed by atoms with E-state index in [2.05, 4.69) is 50.1 Å². The van der Waals surface area contributed by atoms with Crippen LogP contribution in [0.5, 0.6) is 0 Å². The predicted molar refractivity (Wildman–Crippen MR) is 147 cm³/mol. The smallest absolute Gasteiger partial charge is 0.404 e. The van der Waals surface area contributed by atoms with Crippen LogP contribution in [0.4, 0.5) is 0 Å². The van der Waals surface area contributed by atoms with Crippen LogP contribution in [0.1, 0.15) is 65.9 Å². The molecule has 200 valence electrons. The number of carbonyl (C=O) groups excluding carboxylic acids is 1. The molecular formula is C30H38BN3O4. The third kappa shape index (κ3) is 4.36. The van der Waals surface area contributed by atoms with E-state index in [4.69, 9.17) is 14.1 Å². The largest absolute Gasteiger partial charge is 0.481 e. The molecule has 3 saturated carbocycles. The summed E-state index contributed by atoms with van der Waals surface area (Å²) in [6.45, 7) is 11.3. The summed E-state index contributed by atoms with van der Waals surface area (Å²) in [6, 6.07) is 12.1. The molecule has 1 aromatic carbocycles. The zero-order valence-corrected chi connectivity index (χ0v) is 23.0. The number of hydrogen-bond acceptors (Lipinski definition) is 6. The van der Waals surface area contributed by atoms with Crippen LogP contribution in [0.3, 0.4) is 0 Å². The van der Waals surface area contributed by atoms with Gasteiger partial charge < -0.3 is 19.5 Å². The lowest BCUT2D eigenvalue weighted by Gasteiger charge is -2.64. The summed E-state index contributed by atoms with van der Waals surface area (Å²) in [4.78, 5) is 23.2. The highest BCUT2D eigenvalue weighted by atomic mass is 16.7. The van der Waals surface area contributed by atoms with E-state index in [0.717, 1.165) is 35.2 Å². The normalized spacial score (nSPS) is 31.7. The van der Waals surface area contributed by atoms with Crippen molar-refractivity contribution < 1.29 is 18.9 Å². The second-order valence-corrected chi connectivity index (χ2v) is 12.7. The van der Waals surface area contributed by atoms with Crippen LogP contribution in [0.15, 0.2) is 53.9 Å². The van der Waals surface area contributed by atoms with Gasteiger partial charge in [-0.05, 0) is 72.1 Å². The Kier molecular flexibility index (Phi) is 6.38. The zero-order chi connectivity index (χ0) is 26.7. The van der Waals surface area contributed by atoms with E-state index in [9.17, 15) is 4.79 Å². The first kappa shape index (κ1) is 25.6. The van der Waals surface area contributed by atoms with Crippen molar-refractivity contribution in [2.75, 3.05) is 0 Å². The number of benzene rings is 1. The van der Waals surface area contributed by atoms with Gasteiger partial charge in [0, 0.05) is 18.8 Å². The molecule has 2 aliphatic heterocycles. The van der Waals surface area contributed by atoms with E-state index in [1.54, 1.807) is 6.20 Å². The second-order valence-electron chi connectivity index (χ2n) is 12.7. The third-order valence-electron chi connectivity index (χ3n) is 9.52. The first-order chi connectivity index (χ1) is 18.1. The summed E-state index contributed by atoms with van der Waals surface area (Å²) < 4.78 is 13.2. The molecule has 1 amide bonds. The standard InChI is InChI=1S/C30H38BN3O4/c1-18(2)13-27(31-36-26-15-22-14-25(29(22,3)4)30(26,5)38-31)33-28(35)24-16-23(34-37-24)20-10-8-19(9-11-20)21-7-6-12-32-17-21/h6-12,17-18,22,24-27H,13-16H2,1-5H3,(H,33,35)/t22-,24?,25-,26+,27-,30-/m0/s1. The number of pyridine rings is 1. The average Bonchev–Trinajstić information content (AvgIpc) is 3.53. The van der Waals surface area contributed by atoms with Crippen molar-refractivity contribution in [3.63, 3.8) is 0 Å². The molecule has 4 fully saturated rings. The number of hydrogen-bond donors (Lipinski definition) is 1. The molecule has 38 heavy (non-hydrogen) atoms. The van der Waals surface area contributed by atoms with E-state index in [-0.39, 0.29) is 29.0 Å². The Bertz CT molecular complexity index is 1220. The minimum Gasteiger partial charge on any atom is -0.404 e. The fourth-order valence-corrected chi connectivity index (χ4v) is 7.17. The molecule has 1 aromatic heterocycles. The number of carbonyl (C=O) groups is 1. The lowest BCUT2D eigenvalue weighted by Crippen LogP contribution is -2.65. The van der Waals surface area contributed by atoms with Crippen molar-refractivity contribution in [2.45, 2.75) is 84.1 Å². The van der Waals surface area contributed by atoms with Gasteiger partial charge >= 0.3 is 7.12 Å². The maximum absolute atomic E-state index is 13.4. The van der Waals surface area contributed by atoms with Crippen molar-refractivity contribution in [1.82, 2.24) is 10.3 Å².